The lowest BCUT2D eigenvalue weighted by atomic mass is 10.2. The zero-order valence-electron chi connectivity index (χ0n) is 12.1. The Morgan fingerprint density at radius 2 is 2.05 bits per heavy atom. The zero-order chi connectivity index (χ0) is 15.3. The Labute approximate surface area is 127 Å². The van der Waals surface area contributed by atoms with Crippen molar-refractivity contribution >= 4 is 21.9 Å². The summed E-state index contributed by atoms with van der Waals surface area (Å²) in [6, 6.07) is 3.47. The molecule has 0 radical (unpaired) electrons. The molecule has 0 aliphatic carbocycles. The molecule has 0 saturated heterocycles. The molecule has 0 unspecified atom stereocenters. The highest BCUT2D eigenvalue weighted by molar-refractivity contribution is 9.10. The Morgan fingerprint density at radius 1 is 1.40 bits per heavy atom. The van der Waals surface area contributed by atoms with Gasteiger partial charge >= 0.3 is 5.97 Å². The number of benzene rings is 1. The molecule has 0 aliphatic heterocycles. The van der Waals surface area contributed by atoms with Gasteiger partial charge in [0.15, 0.2) is 11.5 Å². The van der Waals surface area contributed by atoms with Crippen LogP contribution in [0.1, 0.15) is 26.3 Å². The molecule has 0 atom stereocenters. The van der Waals surface area contributed by atoms with Gasteiger partial charge in [0.1, 0.15) is 5.60 Å². The van der Waals surface area contributed by atoms with E-state index in [4.69, 9.17) is 9.47 Å². The number of carbonyl (C=O) groups excluding carboxylic acids is 1. The summed E-state index contributed by atoms with van der Waals surface area (Å²) in [6.07, 6.45) is 0. The average molecular weight is 346 g/mol. The Hall–Kier alpha value is -1.27. The number of ether oxygens (including phenoxy) is 2. The van der Waals surface area contributed by atoms with Gasteiger partial charge in [-0.25, -0.2) is 0 Å². The Kier molecular flexibility index (Phi) is 5.83. The van der Waals surface area contributed by atoms with Crippen molar-refractivity contribution in [2.75, 3.05) is 13.7 Å². The predicted molar refractivity (Wildman–Crippen MR) is 79.9 cm³/mol. The third-order valence-electron chi connectivity index (χ3n) is 2.33. The second-order valence-electron chi connectivity index (χ2n) is 5.32. The molecule has 1 aromatic carbocycles. The molecule has 0 bridgehead atoms. The molecule has 0 heterocycles. The molecule has 1 aromatic rings. The molecule has 0 amide bonds. The maximum absolute atomic E-state index is 11.5. The van der Waals surface area contributed by atoms with Gasteiger partial charge in [-0.1, -0.05) is 0 Å². The number of phenols is 1. The van der Waals surface area contributed by atoms with Crippen LogP contribution in [0.25, 0.3) is 0 Å². The predicted octanol–water partition coefficient (Wildman–Crippen LogP) is 2.59. The Balaban J connectivity index is 2.54. The standard InChI is InChI=1S/C14H20BrNO4/c1-14(2,3)20-12(17)8-16-7-9-5-10(15)13(18)11(6-9)19-4/h5-6,16,18H,7-8H2,1-4H3. The fourth-order valence-electron chi connectivity index (χ4n) is 1.57. The number of carbonyl (C=O) groups is 1. The van der Waals surface area contributed by atoms with Crippen molar-refractivity contribution in [2.45, 2.75) is 32.9 Å². The third kappa shape index (κ3) is 5.38. The van der Waals surface area contributed by atoms with Crippen LogP contribution < -0.4 is 10.1 Å². The third-order valence-corrected chi connectivity index (χ3v) is 2.93. The van der Waals surface area contributed by atoms with Crippen LogP contribution >= 0.6 is 15.9 Å². The van der Waals surface area contributed by atoms with E-state index >= 15 is 0 Å². The Bertz CT molecular complexity index is 483. The fourth-order valence-corrected chi connectivity index (χ4v) is 2.06. The largest absolute Gasteiger partial charge is 0.503 e. The minimum absolute atomic E-state index is 0.0587. The van der Waals surface area contributed by atoms with Crippen molar-refractivity contribution in [2.24, 2.45) is 0 Å². The molecule has 5 nitrogen and oxygen atoms in total. The van der Waals surface area contributed by atoms with E-state index in [1.54, 1.807) is 12.1 Å². The summed E-state index contributed by atoms with van der Waals surface area (Å²) in [5.41, 5.74) is 0.402. The van der Waals surface area contributed by atoms with Crippen LogP contribution in [-0.2, 0) is 16.1 Å². The minimum Gasteiger partial charge on any atom is -0.503 e. The van der Waals surface area contributed by atoms with Gasteiger partial charge in [-0.05, 0) is 54.4 Å². The normalized spacial score (nSPS) is 11.2. The van der Waals surface area contributed by atoms with Gasteiger partial charge in [-0.15, -0.1) is 0 Å². The molecule has 0 aliphatic rings. The first-order chi connectivity index (χ1) is 9.23. The number of rotatable bonds is 5. The van der Waals surface area contributed by atoms with Gasteiger partial charge in [0.25, 0.3) is 0 Å². The molecular weight excluding hydrogens is 326 g/mol. The van der Waals surface area contributed by atoms with E-state index in [0.717, 1.165) is 5.56 Å². The van der Waals surface area contributed by atoms with E-state index in [9.17, 15) is 9.90 Å². The Morgan fingerprint density at radius 3 is 2.60 bits per heavy atom. The van der Waals surface area contributed by atoms with E-state index in [1.165, 1.54) is 7.11 Å². The van der Waals surface area contributed by atoms with E-state index in [1.807, 2.05) is 20.8 Å². The van der Waals surface area contributed by atoms with E-state index in [0.29, 0.717) is 16.8 Å². The van der Waals surface area contributed by atoms with Crippen LogP contribution in [-0.4, -0.2) is 30.3 Å². The number of methoxy groups -OCH3 is 1. The monoisotopic (exact) mass is 345 g/mol. The SMILES string of the molecule is COc1cc(CNCC(=O)OC(C)(C)C)cc(Br)c1O. The quantitative estimate of drug-likeness (QED) is 0.803. The van der Waals surface area contributed by atoms with Crippen molar-refractivity contribution in [3.8, 4) is 11.5 Å². The second-order valence-corrected chi connectivity index (χ2v) is 6.17. The summed E-state index contributed by atoms with van der Waals surface area (Å²) in [4.78, 5) is 11.5. The molecule has 6 heteroatoms. The number of phenolic OH excluding ortho intramolecular Hbond substituents is 1. The van der Waals surface area contributed by atoms with Gasteiger partial charge in [-0.2, -0.15) is 0 Å². The molecule has 0 spiro atoms. The molecular formula is C14H20BrNO4. The van der Waals surface area contributed by atoms with E-state index in [2.05, 4.69) is 21.2 Å². The maximum atomic E-state index is 11.5. The van der Waals surface area contributed by atoms with E-state index < -0.39 is 5.60 Å². The number of halogens is 1. The molecule has 0 fully saturated rings. The number of nitrogens with one attached hydrogen (secondary N) is 1. The molecule has 0 aromatic heterocycles. The first-order valence-corrected chi connectivity index (χ1v) is 7.00. The summed E-state index contributed by atoms with van der Waals surface area (Å²) >= 11 is 3.25. The van der Waals surface area contributed by atoms with Crippen LogP contribution in [0.3, 0.4) is 0 Å². The first kappa shape index (κ1) is 16.8. The highest BCUT2D eigenvalue weighted by atomic mass is 79.9. The van der Waals surface area contributed by atoms with Crippen molar-refractivity contribution in [3.05, 3.63) is 22.2 Å². The summed E-state index contributed by atoms with van der Waals surface area (Å²) in [7, 11) is 1.49. The van der Waals surface area contributed by atoms with E-state index in [-0.39, 0.29) is 18.3 Å². The summed E-state index contributed by atoms with van der Waals surface area (Å²) in [6.45, 7) is 6.07. The highest BCUT2D eigenvalue weighted by Crippen LogP contribution is 2.35. The topological polar surface area (TPSA) is 67.8 Å². The minimum atomic E-state index is -0.483. The zero-order valence-corrected chi connectivity index (χ0v) is 13.7. The van der Waals surface area contributed by atoms with Crippen LogP contribution in [0, 0.1) is 0 Å². The fraction of sp³-hybridized carbons (Fsp3) is 0.500. The maximum Gasteiger partial charge on any atom is 0.320 e. The smallest absolute Gasteiger partial charge is 0.320 e. The van der Waals surface area contributed by atoms with Crippen LogP contribution in [0.2, 0.25) is 0 Å². The number of aromatic hydroxyl groups is 1. The lowest BCUT2D eigenvalue weighted by Gasteiger charge is -2.19. The molecule has 0 saturated carbocycles. The first-order valence-electron chi connectivity index (χ1n) is 6.21. The molecule has 20 heavy (non-hydrogen) atoms. The summed E-state index contributed by atoms with van der Waals surface area (Å²) in [5, 5.41) is 12.7. The number of hydrogen-bond donors (Lipinski definition) is 2. The van der Waals surface area contributed by atoms with Gasteiger partial charge in [0.2, 0.25) is 0 Å². The molecule has 1 rings (SSSR count). The van der Waals surface area contributed by atoms with Gasteiger partial charge < -0.3 is 19.9 Å². The highest BCUT2D eigenvalue weighted by Gasteiger charge is 2.15. The van der Waals surface area contributed by atoms with Crippen LogP contribution in [0.15, 0.2) is 16.6 Å². The van der Waals surface area contributed by atoms with Crippen molar-refractivity contribution in [1.29, 1.82) is 0 Å². The van der Waals surface area contributed by atoms with Crippen LogP contribution in [0.5, 0.6) is 11.5 Å². The van der Waals surface area contributed by atoms with Crippen molar-refractivity contribution in [1.82, 2.24) is 5.32 Å². The van der Waals surface area contributed by atoms with Gasteiger partial charge in [0.05, 0.1) is 18.1 Å². The van der Waals surface area contributed by atoms with Crippen LogP contribution in [0.4, 0.5) is 0 Å². The second kappa shape index (κ2) is 6.95. The number of esters is 1. The average Bonchev–Trinajstić information content (AvgIpc) is 2.31. The lowest BCUT2D eigenvalue weighted by Crippen LogP contribution is -2.31. The van der Waals surface area contributed by atoms with Crippen molar-refractivity contribution < 1.29 is 19.4 Å². The lowest BCUT2D eigenvalue weighted by molar-refractivity contribution is -0.153. The van der Waals surface area contributed by atoms with Gasteiger partial charge in [-0.3, -0.25) is 4.79 Å². The van der Waals surface area contributed by atoms with Gasteiger partial charge in [0, 0.05) is 6.54 Å². The molecule has 2 N–H and O–H groups in total. The number of hydrogen-bond acceptors (Lipinski definition) is 5. The molecule has 112 valence electrons. The summed E-state index contributed by atoms with van der Waals surface area (Å²) in [5.74, 6) is 0.138. The van der Waals surface area contributed by atoms with Crippen molar-refractivity contribution in [3.63, 3.8) is 0 Å². The summed E-state index contributed by atoms with van der Waals surface area (Å²) < 4.78 is 10.8.